The predicted molar refractivity (Wildman–Crippen MR) is 78.9 cm³/mol. The first-order chi connectivity index (χ1) is 10.5. The molecule has 0 spiro atoms. The number of fused-ring (bicyclic) bond motifs is 2. The molecular formula is C17H18O5. The number of carboxylic acids is 1. The van der Waals surface area contributed by atoms with Crippen LogP contribution in [0.2, 0.25) is 0 Å². The molecule has 1 fully saturated rings. The van der Waals surface area contributed by atoms with E-state index in [2.05, 4.69) is 0 Å². The maximum absolute atomic E-state index is 12.4. The Kier molecular flexibility index (Phi) is 3.74. The van der Waals surface area contributed by atoms with Gasteiger partial charge in [-0.05, 0) is 23.1 Å². The highest BCUT2D eigenvalue weighted by molar-refractivity contribution is 5.94. The summed E-state index contributed by atoms with van der Waals surface area (Å²) in [6, 6.07) is 7.38. The zero-order valence-electron chi connectivity index (χ0n) is 12.3. The first-order valence-electron chi connectivity index (χ1n) is 7.47. The lowest BCUT2D eigenvalue weighted by atomic mass is 9.75. The van der Waals surface area contributed by atoms with Crippen molar-refractivity contribution in [2.75, 3.05) is 0 Å². The zero-order valence-corrected chi connectivity index (χ0v) is 12.3. The quantitative estimate of drug-likeness (QED) is 0.895. The number of ketones is 1. The molecule has 2 aliphatic rings. The summed E-state index contributed by atoms with van der Waals surface area (Å²) in [5, 5.41) is 19.7. The number of aliphatic hydroxyl groups excluding tert-OH is 1. The van der Waals surface area contributed by atoms with Crippen molar-refractivity contribution in [3.8, 4) is 0 Å². The molecule has 116 valence electrons. The summed E-state index contributed by atoms with van der Waals surface area (Å²) in [5.41, 5.74) is 2.40. The highest BCUT2D eigenvalue weighted by atomic mass is 16.5. The van der Waals surface area contributed by atoms with Crippen molar-refractivity contribution in [3.63, 3.8) is 0 Å². The van der Waals surface area contributed by atoms with E-state index in [1.807, 2.05) is 31.2 Å². The lowest BCUT2D eigenvalue weighted by molar-refractivity contribution is -0.157. The molecule has 0 radical (unpaired) electrons. The molecule has 0 bridgehead atoms. The maximum Gasteiger partial charge on any atom is 0.345 e. The van der Waals surface area contributed by atoms with Crippen LogP contribution in [-0.2, 0) is 14.3 Å². The van der Waals surface area contributed by atoms with Gasteiger partial charge >= 0.3 is 5.97 Å². The van der Waals surface area contributed by atoms with Crippen LogP contribution in [0, 0.1) is 5.92 Å². The van der Waals surface area contributed by atoms with Crippen LogP contribution < -0.4 is 0 Å². The number of ether oxygens (including phenoxy) is 1. The van der Waals surface area contributed by atoms with E-state index in [9.17, 15) is 14.7 Å². The minimum absolute atomic E-state index is 0.206. The van der Waals surface area contributed by atoms with E-state index in [1.165, 1.54) is 0 Å². The Hall–Kier alpha value is -2.14. The predicted octanol–water partition coefficient (Wildman–Crippen LogP) is 2.30. The first kappa shape index (κ1) is 14.8. The molecule has 3 unspecified atom stereocenters. The molecule has 1 aliphatic heterocycles. The standard InChI is InChI=1S/C17H18O5/c1-2-5-11-9-6-3-4-7-10(9)15(19)14-12(18)8-13(17(20)21)22-16(11)14/h3-4,6-7,13-15,19H,2,5,8H2,1H3,(H,20,21). The summed E-state index contributed by atoms with van der Waals surface area (Å²) in [5.74, 6) is -1.86. The molecular weight excluding hydrogens is 284 g/mol. The number of aliphatic carboxylic acids is 1. The van der Waals surface area contributed by atoms with Gasteiger partial charge in [0.2, 0.25) is 6.10 Å². The van der Waals surface area contributed by atoms with Gasteiger partial charge in [0.15, 0.2) is 5.78 Å². The maximum atomic E-state index is 12.4. The molecule has 2 N–H and O–H groups in total. The number of aliphatic hydroxyl groups is 1. The molecule has 0 aromatic heterocycles. The smallest absolute Gasteiger partial charge is 0.345 e. The van der Waals surface area contributed by atoms with Crippen molar-refractivity contribution in [1.82, 2.24) is 0 Å². The van der Waals surface area contributed by atoms with Gasteiger partial charge in [-0.15, -0.1) is 0 Å². The fourth-order valence-corrected chi connectivity index (χ4v) is 3.29. The van der Waals surface area contributed by atoms with E-state index in [0.717, 1.165) is 17.6 Å². The van der Waals surface area contributed by atoms with Crippen molar-refractivity contribution in [2.24, 2.45) is 5.92 Å². The normalized spacial score (nSPS) is 27.0. The monoisotopic (exact) mass is 302 g/mol. The second kappa shape index (κ2) is 5.57. The van der Waals surface area contributed by atoms with Gasteiger partial charge in [0.1, 0.15) is 11.7 Å². The largest absolute Gasteiger partial charge is 0.481 e. The van der Waals surface area contributed by atoms with Crippen LogP contribution in [0.5, 0.6) is 0 Å². The molecule has 1 aliphatic carbocycles. The van der Waals surface area contributed by atoms with Crippen LogP contribution in [0.4, 0.5) is 0 Å². The van der Waals surface area contributed by atoms with Crippen molar-refractivity contribution in [1.29, 1.82) is 0 Å². The van der Waals surface area contributed by atoms with Gasteiger partial charge in [0, 0.05) is 0 Å². The topological polar surface area (TPSA) is 83.8 Å². The molecule has 0 amide bonds. The molecule has 22 heavy (non-hydrogen) atoms. The van der Waals surface area contributed by atoms with Crippen molar-refractivity contribution in [3.05, 3.63) is 41.2 Å². The van der Waals surface area contributed by atoms with Gasteiger partial charge in [0.25, 0.3) is 0 Å². The molecule has 3 rings (SSSR count). The first-order valence-corrected chi connectivity index (χ1v) is 7.47. The number of Topliss-reactive ketones (excluding diaryl/α,β-unsaturated/α-hetero) is 1. The minimum atomic E-state index is -1.16. The van der Waals surface area contributed by atoms with Crippen LogP contribution in [0.25, 0.3) is 5.57 Å². The van der Waals surface area contributed by atoms with Crippen LogP contribution in [-0.4, -0.2) is 28.1 Å². The fraction of sp³-hybridized carbons (Fsp3) is 0.412. The van der Waals surface area contributed by atoms with E-state index in [0.29, 0.717) is 17.7 Å². The van der Waals surface area contributed by atoms with Gasteiger partial charge in [-0.2, -0.15) is 0 Å². The van der Waals surface area contributed by atoms with Gasteiger partial charge in [-0.25, -0.2) is 4.79 Å². The number of carbonyl (C=O) groups is 2. The van der Waals surface area contributed by atoms with Crippen LogP contribution in [0.3, 0.4) is 0 Å². The molecule has 0 saturated carbocycles. The SMILES string of the molecule is CCCC1=C2OC(C(=O)O)CC(=O)C2C(O)c2ccccc21. The van der Waals surface area contributed by atoms with Gasteiger partial charge in [-0.1, -0.05) is 37.6 Å². The second-order valence-electron chi connectivity index (χ2n) is 5.72. The Bertz CT molecular complexity index is 661. The van der Waals surface area contributed by atoms with Gasteiger partial charge in [0.05, 0.1) is 12.5 Å². The molecule has 5 nitrogen and oxygen atoms in total. The highest BCUT2D eigenvalue weighted by Crippen LogP contribution is 2.46. The summed E-state index contributed by atoms with van der Waals surface area (Å²) in [7, 11) is 0. The third-order valence-corrected chi connectivity index (χ3v) is 4.28. The lowest BCUT2D eigenvalue weighted by Crippen LogP contribution is -2.41. The summed E-state index contributed by atoms with van der Waals surface area (Å²) >= 11 is 0. The van der Waals surface area contributed by atoms with E-state index < -0.39 is 24.1 Å². The summed E-state index contributed by atoms with van der Waals surface area (Å²) in [6.45, 7) is 2.01. The molecule has 1 aromatic carbocycles. The van der Waals surface area contributed by atoms with Crippen molar-refractivity contribution >= 4 is 17.3 Å². The average Bonchev–Trinajstić information content (AvgIpc) is 2.50. The average molecular weight is 302 g/mol. The van der Waals surface area contributed by atoms with E-state index in [-0.39, 0.29) is 12.2 Å². The van der Waals surface area contributed by atoms with Crippen molar-refractivity contribution in [2.45, 2.75) is 38.4 Å². The number of benzene rings is 1. The van der Waals surface area contributed by atoms with E-state index >= 15 is 0 Å². The van der Waals surface area contributed by atoms with Gasteiger partial charge in [-0.3, -0.25) is 4.79 Å². The molecule has 1 heterocycles. The Morgan fingerprint density at radius 2 is 2.09 bits per heavy atom. The Labute approximate surface area is 128 Å². The molecule has 1 aromatic rings. The molecule has 3 atom stereocenters. The summed E-state index contributed by atoms with van der Waals surface area (Å²) in [6.07, 6.45) is -0.833. The number of hydrogen-bond acceptors (Lipinski definition) is 4. The minimum Gasteiger partial charge on any atom is -0.481 e. The van der Waals surface area contributed by atoms with E-state index in [1.54, 1.807) is 0 Å². The van der Waals surface area contributed by atoms with Crippen LogP contribution in [0.15, 0.2) is 30.0 Å². The summed E-state index contributed by atoms with van der Waals surface area (Å²) in [4.78, 5) is 23.6. The third kappa shape index (κ3) is 2.22. The zero-order chi connectivity index (χ0) is 15.9. The van der Waals surface area contributed by atoms with Crippen LogP contribution in [0.1, 0.15) is 43.4 Å². The summed E-state index contributed by atoms with van der Waals surface area (Å²) < 4.78 is 5.61. The molecule has 1 saturated heterocycles. The van der Waals surface area contributed by atoms with Crippen LogP contribution >= 0.6 is 0 Å². The lowest BCUT2D eigenvalue weighted by Gasteiger charge is -2.38. The molecule has 5 heteroatoms. The van der Waals surface area contributed by atoms with Gasteiger partial charge < -0.3 is 14.9 Å². The Morgan fingerprint density at radius 1 is 1.36 bits per heavy atom. The highest BCUT2D eigenvalue weighted by Gasteiger charge is 2.46. The number of carbonyl (C=O) groups excluding carboxylic acids is 1. The number of carboxylic acid groups (broad SMARTS) is 1. The van der Waals surface area contributed by atoms with Crippen molar-refractivity contribution < 1.29 is 24.5 Å². The number of allylic oxidation sites excluding steroid dienone is 1. The Morgan fingerprint density at radius 3 is 2.77 bits per heavy atom. The van der Waals surface area contributed by atoms with E-state index in [4.69, 9.17) is 9.84 Å². The number of rotatable bonds is 3. The fourth-order valence-electron chi connectivity index (χ4n) is 3.29. The second-order valence-corrected chi connectivity index (χ2v) is 5.72. The number of hydrogen-bond donors (Lipinski definition) is 2. The third-order valence-electron chi connectivity index (χ3n) is 4.28. The Balaban J connectivity index is 2.16.